The molecule has 0 fully saturated rings. The van der Waals surface area contributed by atoms with E-state index in [1.54, 1.807) is 11.1 Å². The summed E-state index contributed by atoms with van der Waals surface area (Å²) < 4.78 is 0. The molecule has 1 atom stereocenters. The molecule has 0 saturated carbocycles. The highest BCUT2D eigenvalue weighted by atomic mass is 16.2. The Hall–Kier alpha value is -3.08. The smallest absolute Gasteiger partial charge is 0.223 e. The monoisotopic (exact) mass is 363 g/mol. The van der Waals surface area contributed by atoms with Crippen LogP contribution >= 0.6 is 0 Å². The van der Waals surface area contributed by atoms with Crippen molar-refractivity contribution in [2.24, 2.45) is 0 Å². The molecule has 0 aliphatic carbocycles. The first kappa shape index (κ1) is 18.7. The average Bonchev–Trinajstić information content (AvgIpc) is 2.66. The lowest BCUT2D eigenvalue weighted by Gasteiger charge is -2.32. The van der Waals surface area contributed by atoms with Gasteiger partial charge in [-0.2, -0.15) is 0 Å². The van der Waals surface area contributed by atoms with E-state index in [1.807, 2.05) is 73.6 Å². The van der Waals surface area contributed by atoms with Gasteiger partial charge >= 0.3 is 0 Å². The molecule has 0 radical (unpaired) electrons. The van der Waals surface area contributed by atoms with Gasteiger partial charge in [0.1, 0.15) is 0 Å². The SMILES string of the molecule is CC(=O)N1C=Cc2ccccc2C1CC(=O)NCc1ccc(N(C)C)cc1. The lowest BCUT2D eigenvalue weighted by atomic mass is 9.93. The van der Waals surface area contributed by atoms with Crippen molar-refractivity contribution in [2.75, 3.05) is 19.0 Å². The Kier molecular flexibility index (Phi) is 5.60. The van der Waals surface area contributed by atoms with E-state index >= 15 is 0 Å². The quantitative estimate of drug-likeness (QED) is 0.886. The molecule has 1 unspecified atom stereocenters. The Bertz CT molecular complexity index is 856. The number of nitrogens with one attached hydrogen (secondary N) is 1. The van der Waals surface area contributed by atoms with Crippen LogP contribution in [-0.4, -0.2) is 30.8 Å². The zero-order valence-electron chi connectivity index (χ0n) is 16.0. The molecule has 1 aliphatic heterocycles. The van der Waals surface area contributed by atoms with Crippen LogP contribution in [0.15, 0.2) is 54.7 Å². The summed E-state index contributed by atoms with van der Waals surface area (Å²) in [5.41, 5.74) is 4.21. The molecule has 0 spiro atoms. The number of carbonyl (C=O) groups excluding carboxylic acids is 2. The van der Waals surface area contributed by atoms with Crippen LogP contribution in [0, 0.1) is 0 Å². The second-order valence-corrected chi connectivity index (χ2v) is 6.93. The fraction of sp³-hybridized carbons (Fsp3) is 0.273. The maximum absolute atomic E-state index is 12.6. The van der Waals surface area contributed by atoms with Gasteiger partial charge in [-0.25, -0.2) is 0 Å². The molecule has 5 heteroatoms. The number of rotatable bonds is 5. The Morgan fingerprint density at radius 1 is 1.07 bits per heavy atom. The highest BCUT2D eigenvalue weighted by Crippen LogP contribution is 2.32. The largest absolute Gasteiger partial charge is 0.378 e. The lowest BCUT2D eigenvalue weighted by Crippen LogP contribution is -2.35. The molecule has 0 aromatic heterocycles. The summed E-state index contributed by atoms with van der Waals surface area (Å²) in [5, 5.41) is 2.97. The zero-order chi connectivity index (χ0) is 19.4. The van der Waals surface area contributed by atoms with Crippen molar-refractivity contribution in [1.29, 1.82) is 0 Å². The van der Waals surface area contributed by atoms with Gasteiger partial charge in [-0.3, -0.25) is 9.59 Å². The van der Waals surface area contributed by atoms with Gasteiger partial charge in [0.2, 0.25) is 11.8 Å². The van der Waals surface area contributed by atoms with Crippen LogP contribution in [0.1, 0.15) is 36.1 Å². The van der Waals surface area contributed by atoms with Crippen molar-refractivity contribution in [3.63, 3.8) is 0 Å². The minimum absolute atomic E-state index is 0.0715. The van der Waals surface area contributed by atoms with Crippen LogP contribution < -0.4 is 10.2 Å². The van der Waals surface area contributed by atoms with Gasteiger partial charge in [0.15, 0.2) is 0 Å². The number of benzene rings is 2. The lowest BCUT2D eigenvalue weighted by molar-refractivity contribution is -0.130. The predicted molar refractivity (Wildman–Crippen MR) is 108 cm³/mol. The maximum atomic E-state index is 12.6. The van der Waals surface area contributed by atoms with E-state index in [-0.39, 0.29) is 24.3 Å². The van der Waals surface area contributed by atoms with E-state index in [2.05, 4.69) is 5.32 Å². The van der Waals surface area contributed by atoms with Gasteiger partial charge in [0.05, 0.1) is 12.5 Å². The van der Waals surface area contributed by atoms with Crippen molar-refractivity contribution in [3.8, 4) is 0 Å². The van der Waals surface area contributed by atoms with Gasteiger partial charge in [-0.1, -0.05) is 36.4 Å². The Morgan fingerprint density at radius 2 is 1.78 bits per heavy atom. The van der Waals surface area contributed by atoms with E-state index in [0.717, 1.165) is 22.4 Å². The maximum Gasteiger partial charge on any atom is 0.223 e. The van der Waals surface area contributed by atoms with Crippen LogP contribution in [-0.2, 0) is 16.1 Å². The minimum atomic E-state index is -0.278. The summed E-state index contributed by atoms with van der Waals surface area (Å²) in [5.74, 6) is -0.147. The summed E-state index contributed by atoms with van der Waals surface area (Å²) in [6.07, 6.45) is 3.91. The van der Waals surface area contributed by atoms with Gasteiger partial charge in [0.25, 0.3) is 0 Å². The zero-order valence-corrected chi connectivity index (χ0v) is 16.0. The molecular weight excluding hydrogens is 338 g/mol. The van der Waals surface area contributed by atoms with Crippen LogP contribution in [0.4, 0.5) is 5.69 Å². The minimum Gasteiger partial charge on any atom is -0.378 e. The topological polar surface area (TPSA) is 52.7 Å². The molecule has 27 heavy (non-hydrogen) atoms. The highest BCUT2D eigenvalue weighted by Gasteiger charge is 2.27. The number of carbonyl (C=O) groups is 2. The van der Waals surface area contributed by atoms with E-state index in [0.29, 0.717) is 6.54 Å². The molecule has 0 saturated heterocycles. The molecule has 1 heterocycles. The molecule has 3 rings (SSSR count). The molecule has 1 aliphatic rings. The highest BCUT2D eigenvalue weighted by molar-refractivity contribution is 5.81. The van der Waals surface area contributed by atoms with Gasteiger partial charge in [0, 0.05) is 39.5 Å². The van der Waals surface area contributed by atoms with Gasteiger partial charge in [-0.05, 0) is 34.9 Å². The number of anilines is 1. The van der Waals surface area contributed by atoms with Crippen LogP contribution in [0.2, 0.25) is 0 Å². The number of hydrogen-bond donors (Lipinski definition) is 1. The number of hydrogen-bond acceptors (Lipinski definition) is 3. The van der Waals surface area contributed by atoms with Crippen molar-refractivity contribution >= 4 is 23.6 Å². The van der Waals surface area contributed by atoms with Gasteiger partial charge in [-0.15, -0.1) is 0 Å². The van der Waals surface area contributed by atoms with Crippen molar-refractivity contribution in [3.05, 3.63) is 71.4 Å². The third kappa shape index (κ3) is 4.37. The number of amides is 2. The molecule has 0 bridgehead atoms. The Balaban J connectivity index is 1.66. The fourth-order valence-electron chi connectivity index (χ4n) is 3.27. The van der Waals surface area contributed by atoms with Crippen LogP contribution in [0.25, 0.3) is 6.08 Å². The molecule has 2 aromatic carbocycles. The van der Waals surface area contributed by atoms with Crippen molar-refractivity contribution in [1.82, 2.24) is 10.2 Å². The summed E-state index contributed by atoms with van der Waals surface area (Å²) in [6.45, 7) is 1.99. The Morgan fingerprint density at radius 3 is 2.44 bits per heavy atom. The molecule has 140 valence electrons. The first-order valence-electron chi connectivity index (χ1n) is 9.04. The second kappa shape index (κ2) is 8.08. The van der Waals surface area contributed by atoms with E-state index in [9.17, 15) is 9.59 Å². The molecule has 1 N–H and O–H groups in total. The summed E-state index contributed by atoms with van der Waals surface area (Å²) >= 11 is 0. The third-order valence-electron chi connectivity index (χ3n) is 4.79. The summed E-state index contributed by atoms with van der Waals surface area (Å²) in [7, 11) is 3.99. The molecular formula is C22H25N3O2. The molecule has 5 nitrogen and oxygen atoms in total. The average molecular weight is 363 g/mol. The number of fused-ring (bicyclic) bond motifs is 1. The molecule has 2 aromatic rings. The van der Waals surface area contributed by atoms with Crippen LogP contribution in [0.5, 0.6) is 0 Å². The van der Waals surface area contributed by atoms with Crippen molar-refractivity contribution < 1.29 is 9.59 Å². The normalized spacial score (nSPS) is 15.2. The fourth-order valence-corrected chi connectivity index (χ4v) is 3.27. The number of nitrogens with zero attached hydrogens (tertiary/aromatic N) is 2. The Labute approximate surface area is 160 Å². The first-order chi connectivity index (χ1) is 13.0. The molecule has 2 amide bonds. The van der Waals surface area contributed by atoms with Gasteiger partial charge < -0.3 is 15.1 Å². The third-order valence-corrected chi connectivity index (χ3v) is 4.79. The van der Waals surface area contributed by atoms with Crippen LogP contribution in [0.3, 0.4) is 0 Å². The standard InChI is InChI=1S/C22H25N3O2/c1-16(26)25-13-12-18-6-4-5-7-20(18)21(25)14-22(27)23-15-17-8-10-19(11-9-17)24(2)3/h4-13,21H,14-15H2,1-3H3,(H,23,27). The second-order valence-electron chi connectivity index (χ2n) is 6.93. The summed E-state index contributed by atoms with van der Waals surface area (Å²) in [6, 6.07) is 15.7. The van der Waals surface area contributed by atoms with E-state index in [4.69, 9.17) is 0 Å². The van der Waals surface area contributed by atoms with E-state index in [1.165, 1.54) is 6.92 Å². The predicted octanol–water partition coefficient (Wildman–Crippen LogP) is 3.33. The van der Waals surface area contributed by atoms with Crippen molar-refractivity contribution in [2.45, 2.75) is 25.9 Å². The first-order valence-corrected chi connectivity index (χ1v) is 9.04. The summed E-state index contributed by atoms with van der Waals surface area (Å²) in [4.78, 5) is 28.2. The van der Waals surface area contributed by atoms with E-state index < -0.39 is 0 Å².